The number of hydrogen-bond donors (Lipinski definition) is 0. The highest BCUT2D eigenvalue weighted by Crippen LogP contribution is 2.41. The van der Waals surface area contributed by atoms with Gasteiger partial charge in [-0.25, -0.2) is 9.28 Å². The van der Waals surface area contributed by atoms with Crippen molar-refractivity contribution in [3.05, 3.63) is 53.6 Å². The van der Waals surface area contributed by atoms with Crippen molar-refractivity contribution < 1.29 is 14.3 Å². The minimum Gasteiger partial charge on any atom is -0.462 e. The van der Waals surface area contributed by atoms with E-state index < -0.39 is 0 Å². The van der Waals surface area contributed by atoms with Gasteiger partial charge in [-0.05, 0) is 44.0 Å². The van der Waals surface area contributed by atoms with Gasteiger partial charge < -0.3 is 9.64 Å². The lowest BCUT2D eigenvalue weighted by Gasteiger charge is -2.33. The summed E-state index contributed by atoms with van der Waals surface area (Å²) in [5.74, 6) is 0.604. The number of benzene rings is 2. The second kappa shape index (κ2) is 7.44. The first-order chi connectivity index (χ1) is 14.0. The van der Waals surface area contributed by atoms with E-state index in [4.69, 9.17) is 9.73 Å². The molecule has 0 radical (unpaired) electrons. The number of anilines is 1. The van der Waals surface area contributed by atoms with Crippen LogP contribution in [0.25, 0.3) is 0 Å². The third kappa shape index (κ3) is 3.13. The fraction of sp³-hybridized carbons (Fsp3) is 0.348. The number of amidine groups is 1. The predicted molar refractivity (Wildman–Crippen MR) is 115 cm³/mol. The summed E-state index contributed by atoms with van der Waals surface area (Å²) in [5.41, 5.74) is 4.41. The van der Waals surface area contributed by atoms with Crippen molar-refractivity contribution in [3.8, 4) is 0 Å². The topological polar surface area (TPSA) is 59.0 Å². The Hall–Kier alpha value is -2.99. The molecule has 1 unspecified atom stereocenters. The van der Waals surface area contributed by atoms with E-state index in [1.54, 1.807) is 19.1 Å². The standard InChI is InChI=1S/C23H26N3O3/c1-4-26(15-22(27)25-13-12-17-8-6-7-9-20(17)25)16(3)24-19-14-18(10-11-21(19)26)23(28)29-5-2/h6-11,14H,4-5,12-13,15H2,1-3H3/q+1. The molecule has 0 saturated heterocycles. The van der Waals surface area contributed by atoms with Crippen LogP contribution in [0.2, 0.25) is 0 Å². The Kier molecular flexibility index (Phi) is 4.96. The first-order valence-electron chi connectivity index (χ1n) is 10.1. The predicted octanol–water partition coefficient (Wildman–Crippen LogP) is 3.84. The summed E-state index contributed by atoms with van der Waals surface area (Å²) in [6, 6.07) is 13.5. The first kappa shape index (κ1) is 19.3. The van der Waals surface area contributed by atoms with Crippen LogP contribution >= 0.6 is 0 Å². The van der Waals surface area contributed by atoms with Gasteiger partial charge in [-0.2, -0.15) is 4.99 Å². The van der Waals surface area contributed by atoms with Crippen molar-refractivity contribution in [2.75, 3.05) is 31.1 Å². The maximum absolute atomic E-state index is 13.3. The van der Waals surface area contributed by atoms with Crippen molar-refractivity contribution in [1.82, 2.24) is 4.48 Å². The summed E-state index contributed by atoms with van der Waals surface area (Å²) in [6.07, 6.45) is 0.889. The molecule has 6 nitrogen and oxygen atoms in total. The van der Waals surface area contributed by atoms with Crippen LogP contribution in [0.4, 0.5) is 17.1 Å². The zero-order valence-corrected chi connectivity index (χ0v) is 17.1. The van der Waals surface area contributed by atoms with Gasteiger partial charge in [0.05, 0.1) is 18.7 Å². The molecule has 2 aromatic carbocycles. The number of hydrogen-bond acceptors (Lipinski definition) is 4. The Morgan fingerprint density at radius 2 is 1.97 bits per heavy atom. The van der Waals surface area contributed by atoms with Gasteiger partial charge in [0.25, 0.3) is 5.91 Å². The molecule has 0 aliphatic carbocycles. The number of likely N-dealkylation sites (N-methyl/N-ethyl adjacent to an activating group) is 1. The summed E-state index contributed by atoms with van der Waals surface area (Å²) >= 11 is 0. The van der Waals surface area contributed by atoms with Crippen LogP contribution < -0.4 is 9.38 Å². The fourth-order valence-corrected chi connectivity index (χ4v) is 4.38. The lowest BCUT2D eigenvalue weighted by Crippen LogP contribution is -2.56. The fourth-order valence-electron chi connectivity index (χ4n) is 4.38. The van der Waals surface area contributed by atoms with Crippen LogP contribution in [0, 0.1) is 0 Å². The molecule has 2 heterocycles. The van der Waals surface area contributed by atoms with E-state index >= 15 is 0 Å². The van der Waals surface area contributed by atoms with Crippen LogP contribution in [0.15, 0.2) is 47.5 Å². The van der Waals surface area contributed by atoms with Gasteiger partial charge in [-0.3, -0.25) is 4.79 Å². The van der Waals surface area contributed by atoms with E-state index in [0.717, 1.165) is 29.3 Å². The molecule has 29 heavy (non-hydrogen) atoms. The van der Waals surface area contributed by atoms with Gasteiger partial charge in [0.1, 0.15) is 5.69 Å². The Morgan fingerprint density at radius 1 is 1.17 bits per heavy atom. The summed E-state index contributed by atoms with van der Waals surface area (Å²) in [4.78, 5) is 32.0. The third-order valence-corrected chi connectivity index (χ3v) is 5.98. The monoisotopic (exact) mass is 392 g/mol. The van der Waals surface area contributed by atoms with Gasteiger partial charge in [-0.1, -0.05) is 18.2 Å². The number of carbonyl (C=O) groups is 2. The number of rotatable bonds is 5. The van der Waals surface area contributed by atoms with Gasteiger partial charge in [0.2, 0.25) is 5.84 Å². The lowest BCUT2D eigenvalue weighted by atomic mass is 10.1. The number of ether oxygens (including phenoxy) is 1. The number of nitrogens with zero attached hydrogens (tertiary/aromatic N) is 3. The highest BCUT2D eigenvalue weighted by Gasteiger charge is 2.43. The van der Waals surface area contributed by atoms with Crippen molar-refractivity contribution in [2.45, 2.75) is 27.2 Å². The molecule has 0 aromatic heterocycles. The van der Waals surface area contributed by atoms with Crippen LogP contribution in [0.1, 0.15) is 36.7 Å². The zero-order chi connectivity index (χ0) is 20.6. The highest BCUT2D eigenvalue weighted by molar-refractivity contribution is 6.08. The average Bonchev–Trinajstić information content (AvgIpc) is 3.27. The highest BCUT2D eigenvalue weighted by atomic mass is 16.5. The van der Waals surface area contributed by atoms with E-state index in [1.807, 2.05) is 36.1 Å². The van der Waals surface area contributed by atoms with Gasteiger partial charge in [0.15, 0.2) is 12.2 Å². The Bertz CT molecular complexity index is 1010. The molecule has 0 fully saturated rings. The second-order valence-electron chi connectivity index (χ2n) is 7.45. The van der Waals surface area contributed by atoms with Crippen LogP contribution in [0.5, 0.6) is 0 Å². The van der Waals surface area contributed by atoms with E-state index in [2.05, 4.69) is 13.0 Å². The van der Waals surface area contributed by atoms with Crippen molar-refractivity contribution >= 4 is 34.8 Å². The molecule has 0 N–H and O–H groups in total. The number of aliphatic imine (C=N–C) groups is 1. The number of carbonyl (C=O) groups excluding carboxylic acids is 2. The van der Waals surface area contributed by atoms with Gasteiger partial charge >= 0.3 is 5.97 Å². The largest absolute Gasteiger partial charge is 0.462 e. The number of fused-ring (bicyclic) bond motifs is 2. The van der Waals surface area contributed by atoms with E-state index in [9.17, 15) is 9.59 Å². The lowest BCUT2D eigenvalue weighted by molar-refractivity contribution is -0.118. The molecule has 0 saturated carbocycles. The SMILES string of the molecule is CCOC(=O)c1ccc2c(c1)N=C(C)[N+]2(CC)CC(=O)N1CCc2ccccc21. The van der Waals surface area contributed by atoms with Crippen LogP contribution in [-0.4, -0.2) is 44.0 Å². The quantitative estimate of drug-likeness (QED) is 0.574. The molecular formula is C23H26N3O3+. The maximum atomic E-state index is 13.3. The molecule has 6 heteroatoms. The summed E-state index contributed by atoms with van der Waals surface area (Å²) in [5, 5.41) is 0. The maximum Gasteiger partial charge on any atom is 0.338 e. The molecule has 0 spiro atoms. The van der Waals surface area contributed by atoms with E-state index in [0.29, 0.717) is 36.3 Å². The first-order valence-corrected chi connectivity index (χ1v) is 10.1. The van der Waals surface area contributed by atoms with Gasteiger partial charge in [-0.15, -0.1) is 0 Å². The number of amides is 1. The third-order valence-electron chi connectivity index (χ3n) is 5.98. The van der Waals surface area contributed by atoms with E-state index in [1.165, 1.54) is 5.56 Å². The Labute approximate surface area is 171 Å². The molecule has 1 amide bonds. The number of quaternary nitrogens is 1. The zero-order valence-electron chi connectivity index (χ0n) is 17.1. The van der Waals surface area contributed by atoms with Crippen LogP contribution in [0.3, 0.4) is 0 Å². The molecule has 1 atom stereocenters. The molecule has 150 valence electrons. The summed E-state index contributed by atoms with van der Waals surface area (Å²) in [7, 11) is 0. The molecule has 4 rings (SSSR count). The molecular weight excluding hydrogens is 366 g/mol. The number of para-hydroxylation sites is 1. The average molecular weight is 392 g/mol. The molecule has 2 aliphatic heterocycles. The van der Waals surface area contributed by atoms with Crippen molar-refractivity contribution in [3.63, 3.8) is 0 Å². The normalized spacial score (nSPS) is 19.6. The van der Waals surface area contributed by atoms with Gasteiger partial charge in [0, 0.05) is 25.2 Å². The Morgan fingerprint density at radius 3 is 2.72 bits per heavy atom. The number of esters is 1. The summed E-state index contributed by atoms with van der Waals surface area (Å²) < 4.78 is 5.49. The van der Waals surface area contributed by atoms with Crippen LogP contribution in [-0.2, 0) is 16.0 Å². The molecule has 0 bridgehead atoms. The smallest absolute Gasteiger partial charge is 0.338 e. The minimum absolute atomic E-state index is 0.0914. The van der Waals surface area contributed by atoms with E-state index in [-0.39, 0.29) is 11.9 Å². The molecule has 2 aromatic rings. The van der Waals surface area contributed by atoms with Crippen molar-refractivity contribution in [1.29, 1.82) is 0 Å². The molecule has 2 aliphatic rings. The minimum atomic E-state index is -0.352. The Balaban J connectivity index is 1.64. The summed E-state index contributed by atoms with van der Waals surface area (Å²) in [6.45, 7) is 7.88. The second-order valence-corrected chi connectivity index (χ2v) is 7.45. The van der Waals surface area contributed by atoms with Crippen molar-refractivity contribution in [2.24, 2.45) is 4.99 Å².